The standard InChI is InChI=1S/C22H17F3N4O2S/c1-26-17-9-8-15(12-16(17)22(23,24)25)28-19(31)21(10-3-11-21)29(20(28)32)14-6-4-13(5-7-14)18(30)27-2/h4-9,12H,3,10-11H2,2H3,(H,27,30). The van der Waals surface area contributed by atoms with E-state index in [9.17, 15) is 22.8 Å². The third-order valence-electron chi connectivity index (χ3n) is 5.87. The summed E-state index contributed by atoms with van der Waals surface area (Å²) >= 11 is 5.57. The maximum atomic E-state index is 13.5. The van der Waals surface area contributed by atoms with Gasteiger partial charge >= 0.3 is 6.18 Å². The van der Waals surface area contributed by atoms with Gasteiger partial charge in [-0.3, -0.25) is 14.5 Å². The van der Waals surface area contributed by atoms with Crippen LogP contribution in [0.2, 0.25) is 0 Å². The average molecular weight is 458 g/mol. The molecule has 1 aliphatic heterocycles. The fourth-order valence-corrected chi connectivity index (χ4v) is 4.57. The summed E-state index contributed by atoms with van der Waals surface area (Å²) in [5, 5.41) is 2.59. The van der Waals surface area contributed by atoms with Crippen LogP contribution >= 0.6 is 12.2 Å². The van der Waals surface area contributed by atoms with Gasteiger partial charge in [-0.15, -0.1) is 0 Å². The van der Waals surface area contributed by atoms with Crippen LogP contribution in [0.1, 0.15) is 35.2 Å². The zero-order valence-corrected chi connectivity index (χ0v) is 17.7. The first-order chi connectivity index (χ1) is 15.1. The van der Waals surface area contributed by atoms with Crippen LogP contribution in [0.5, 0.6) is 0 Å². The maximum Gasteiger partial charge on any atom is 0.407 e. The minimum Gasteiger partial charge on any atom is -0.355 e. The second-order valence-corrected chi connectivity index (χ2v) is 7.95. The quantitative estimate of drug-likeness (QED) is 0.536. The van der Waals surface area contributed by atoms with Crippen LogP contribution in [0, 0.1) is 6.57 Å². The van der Waals surface area contributed by atoms with E-state index in [0.717, 1.165) is 23.5 Å². The van der Waals surface area contributed by atoms with E-state index in [4.69, 9.17) is 18.8 Å². The Morgan fingerprint density at radius 3 is 2.28 bits per heavy atom. The summed E-state index contributed by atoms with van der Waals surface area (Å²) in [6.07, 6.45) is -2.96. The molecule has 0 bridgehead atoms. The topological polar surface area (TPSA) is 57.0 Å². The van der Waals surface area contributed by atoms with Crippen molar-refractivity contribution < 1.29 is 22.8 Å². The predicted octanol–water partition coefficient (Wildman–Crippen LogP) is 4.68. The molecule has 0 unspecified atom stereocenters. The van der Waals surface area contributed by atoms with Crippen LogP contribution in [-0.2, 0) is 11.0 Å². The fraction of sp³-hybridized carbons (Fsp3) is 0.273. The molecule has 164 valence electrons. The van der Waals surface area contributed by atoms with E-state index >= 15 is 0 Å². The third-order valence-corrected chi connectivity index (χ3v) is 6.24. The molecule has 1 saturated carbocycles. The molecular weight excluding hydrogens is 441 g/mol. The number of hydrogen-bond acceptors (Lipinski definition) is 3. The van der Waals surface area contributed by atoms with Gasteiger partial charge in [-0.05, 0) is 67.9 Å². The largest absolute Gasteiger partial charge is 0.407 e. The van der Waals surface area contributed by atoms with E-state index in [-0.39, 0.29) is 16.7 Å². The van der Waals surface area contributed by atoms with Gasteiger partial charge in [-0.1, -0.05) is 6.07 Å². The van der Waals surface area contributed by atoms with Crippen molar-refractivity contribution in [3.63, 3.8) is 0 Å². The van der Waals surface area contributed by atoms with Crippen LogP contribution in [0.25, 0.3) is 4.85 Å². The van der Waals surface area contributed by atoms with Gasteiger partial charge in [0.2, 0.25) is 0 Å². The number of carbonyl (C=O) groups is 2. The summed E-state index contributed by atoms with van der Waals surface area (Å²) in [7, 11) is 1.51. The highest BCUT2D eigenvalue weighted by Crippen LogP contribution is 2.48. The minimum absolute atomic E-state index is 0.0320. The van der Waals surface area contributed by atoms with Gasteiger partial charge in [-0.25, -0.2) is 4.85 Å². The average Bonchev–Trinajstić information content (AvgIpc) is 2.99. The highest BCUT2D eigenvalue weighted by molar-refractivity contribution is 7.81. The van der Waals surface area contributed by atoms with E-state index in [1.165, 1.54) is 13.1 Å². The molecule has 32 heavy (non-hydrogen) atoms. The number of amides is 2. The van der Waals surface area contributed by atoms with E-state index in [0.29, 0.717) is 24.1 Å². The molecule has 1 spiro atoms. The third kappa shape index (κ3) is 3.20. The number of halogens is 3. The first-order valence-corrected chi connectivity index (χ1v) is 10.1. The number of nitrogens with one attached hydrogen (secondary N) is 1. The lowest BCUT2D eigenvalue weighted by molar-refractivity contribution is -0.136. The predicted molar refractivity (Wildman–Crippen MR) is 117 cm³/mol. The lowest BCUT2D eigenvalue weighted by Gasteiger charge is -2.43. The van der Waals surface area contributed by atoms with Gasteiger partial charge in [0, 0.05) is 24.0 Å². The lowest BCUT2D eigenvalue weighted by atomic mass is 9.75. The van der Waals surface area contributed by atoms with Gasteiger partial charge in [0.1, 0.15) is 5.54 Å². The number of thiocarbonyl (C=S) groups is 1. The van der Waals surface area contributed by atoms with Gasteiger partial charge in [0.15, 0.2) is 10.8 Å². The highest BCUT2D eigenvalue weighted by atomic mass is 32.1. The Morgan fingerprint density at radius 2 is 1.78 bits per heavy atom. The Labute approximate surface area is 187 Å². The number of anilines is 2. The number of alkyl halides is 3. The second kappa shape index (κ2) is 7.60. The number of nitrogens with zero attached hydrogens (tertiary/aromatic N) is 3. The normalized spacial score (nSPS) is 17.3. The van der Waals surface area contributed by atoms with Gasteiger partial charge in [-0.2, -0.15) is 13.2 Å². The molecule has 0 atom stereocenters. The Kier molecular flexibility index (Phi) is 5.17. The maximum absolute atomic E-state index is 13.5. The first kappa shape index (κ1) is 21.8. The molecule has 4 rings (SSSR count). The molecule has 2 fully saturated rings. The molecule has 0 aromatic heterocycles. The van der Waals surface area contributed by atoms with Crippen LogP contribution in [0.15, 0.2) is 42.5 Å². The lowest BCUT2D eigenvalue weighted by Crippen LogP contribution is -2.55. The molecule has 1 aliphatic carbocycles. The molecule has 1 heterocycles. The van der Waals surface area contributed by atoms with Crippen LogP contribution in [-0.4, -0.2) is 29.5 Å². The molecule has 2 amide bonds. The van der Waals surface area contributed by atoms with Crippen molar-refractivity contribution in [2.45, 2.75) is 31.0 Å². The highest BCUT2D eigenvalue weighted by Gasteiger charge is 2.59. The summed E-state index contributed by atoms with van der Waals surface area (Å²) in [6, 6.07) is 9.67. The summed E-state index contributed by atoms with van der Waals surface area (Å²) in [5.41, 5.74) is -1.66. The summed E-state index contributed by atoms with van der Waals surface area (Å²) in [5.74, 6) is -0.663. The summed E-state index contributed by atoms with van der Waals surface area (Å²) in [4.78, 5) is 31.0. The molecule has 2 aliphatic rings. The first-order valence-electron chi connectivity index (χ1n) is 9.73. The molecule has 2 aromatic rings. The molecule has 1 N–H and O–H groups in total. The van der Waals surface area contributed by atoms with E-state index in [1.54, 1.807) is 29.2 Å². The van der Waals surface area contributed by atoms with Gasteiger partial charge in [0.25, 0.3) is 11.8 Å². The second-order valence-electron chi connectivity index (χ2n) is 7.58. The zero-order chi connectivity index (χ0) is 23.3. The van der Waals surface area contributed by atoms with Crippen molar-refractivity contribution in [3.8, 4) is 0 Å². The summed E-state index contributed by atoms with van der Waals surface area (Å²) in [6.45, 7) is 7.01. The van der Waals surface area contributed by atoms with Crippen molar-refractivity contribution in [2.75, 3.05) is 16.8 Å². The van der Waals surface area contributed by atoms with E-state index in [2.05, 4.69) is 10.2 Å². The zero-order valence-electron chi connectivity index (χ0n) is 16.9. The van der Waals surface area contributed by atoms with Crippen molar-refractivity contribution in [1.82, 2.24) is 5.32 Å². The molecule has 2 aromatic carbocycles. The van der Waals surface area contributed by atoms with Crippen molar-refractivity contribution in [2.24, 2.45) is 0 Å². The molecular formula is C22H17F3N4O2S. The number of carbonyl (C=O) groups excluding carboxylic acids is 2. The Balaban J connectivity index is 1.77. The number of rotatable bonds is 3. The number of hydrogen-bond donors (Lipinski definition) is 1. The Hall–Kier alpha value is -3.45. The molecule has 0 radical (unpaired) electrons. The fourth-order valence-electron chi connectivity index (χ4n) is 4.10. The Morgan fingerprint density at radius 1 is 1.16 bits per heavy atom. The van der Waals surface area contributed by atoms with E-state index in [1.807, 2.05) is 0 Å². The van der Waals surface area contributed by atoms with E-state index < -0.39 is 28.9 Å². The number of benzene rings is 2. The van der Waals surface area contributed by atoms with Crippen molar-refractivity contribution in [1.29, 1.82) is 0 Å². The monoisotopic (exact) mass is 458 g/mol. The Bertz CT molecular complexity index is 1170. The smallest absolute Gasteiger partial charge is 0.355 e. The molecule has 6 nitrogen and oxygen atoms in total. The van der Waals surface area contributed by atoms with Crippen molar-refractivity contribution >= 4 is 46.2 Å². The van der Waals surface area contributed by atoms with Gasteiger partial charge < -0.3 is 10.2 Å². The minimum atomic E-state index is -4.75. The van der Waals surface area contributed by atoms with Crippen LogP contribution in [0.3, 0.4) is 0 Å². The molecule has 10 heteroatoms. The van der Waals surface area contributed by atoms with Crippen LogP contribution in [0.4, 0.5) is 30.2 Å². The molecule has 1 saturated heterocycles. The summed E-state index contributed by atoms with van der Waals surface area (Å²) < 4.78 is 40.4. The van der Waals surface area contributed by atoms with Crippen LogP contribution < -0.4 is 15.1 Å². The van der Waals surface area contributed by atoms with Gasteiger partial charge in [0.05, 0.1) is 12.1 Å². The van der Waals surface area contributed by atoms with Crippen molar-refractivity contribution in [3.05, 3.63) is 65.0 Å². The SMILES string of the molecule is [C-]#[N+]c1ccc(N2C(=O)C3(CCC3)N(c3ccc(C(=O)NC)cc3)C2=S)cc1C(F)(F)F.